The van der Waals surface area contributed by atoms with E-state index in [0.29, 0.717) is 5.92 Å². The summed E-state index contributed by atoms with van der Waals surface area (Å²) in [5, 5.41) is 0. The van der Waals surface area contributed by atoms with E-state index in [1.807, 2.05) is 0 Å². The van der Waals surface area contributed by atoms with E-state index in [0.717, 1.165) is 30.4 Å². The summed E-state index contributed by atoms with van der Waals surface area (Å²) < 4.78 is 0. The van der Waals surface area contributed by atoms with Crippen molar-refractivity contribution < 1.29 is 0 Å². The van der Waals surface area contributed by atoms with Crippen LogP contribution in [0.2, 0.25) is 0 Å². The molecule has 3 nitrogen and oxygen atoms in total. The number of aryl methyl sites for hydroxylation is 1. The Balaban J connectivity index is 2.25. The zero-order valence-corrected chi connectivity index (χ0v) is 10.5. The summed E-state index contributed by atoms with van der Waals surface area (Å²) in [4.78, 5) is 11.5. The lowest BCUT2D eigenvalue weighted by molar-refractivity contribution is 0.566. The molecule has 2 heterocycles. The molecular weight excluding hydrogens is 198 g/mol. The summed E-state index contributed by atoms with van der Waals surface area (Å²) >= 11 is 0. The summed E-state index contributed by atoms with van der Waals surface area (Å²) in [5.74, 6) is 1.41. The van der Waals surface area contributed by atoms with E-state index in [2.05, 4.69) is 41.7 Å². The maximum absolute atomic E-state index is 4.67. The Morgan fingerprint density at radius 1 is 1.12 bits per heavy atom. The van der Waals surface area contributed by atoms with Crippen molar-refractivity contribution in [3.63, 3.8) is 0 Å². The quantitative estimate of drug-likeness (QED) is 0.766. The first-order valence-electron chi connectivity index (χ1n) is 6.27. The standard InChI is InChI=1S/C13H21N3/c1-10(2)12-9-11(3)14-13(15-12)16-7-5-4-6-8-16/h9-10H,4-8H2,1-3H3. The Hall–Kier alpha value is -1.12. The van der Waals surface area contributed by atoms with Gasteiger partial charge in [-0.25, -0.2) is 9.97 Å². The van der Waals surface area contributed by atoms with E-state index in [1.165, 1.54) is 19.3 Å². The number of rotatable bonds is 2. The summed E-state index contributed by atoms with van der Waals surface area (Å²) in [6.45, 7) is 8.65. The molecule has 3 heteroatoms. The molecule has 1 aliphatic heterocycles. The van der Waals surface area contributed by atoms with Gasteiger partial charge in [0.1, 0.15) is 0 Å². The minimum Gasteiger partial charge on any atom is -0.341 e. The first-order valence-corrected chi connectivity index (χ1v) is 6.27. The molecule has 0 spiro atoms. The van der Waals surface area contributed by atoms with Crippen molar-refractivity contribution >= 4 is 5.95 Å². The molecule has 88 valence electrons. The van der Waals surface area contributed by atoms with Gasteiger partial charge in [0.15, 0.2) is 0 Å². The normalized spacial score (nSPS) is 16.9. The van der Waals surface area contributed by atoms with Crippen LogP contribution in [0.1, 0.15) is 50.4 Å². The first-order chi connectivity index (χ1) is 7.66. The predicted octanol–water partition coefficient (Wildman–Crippen LogP) is 2.90. The second kappa shape index (κ2) is 4.81. The molecule has 1 aromatic heterocycles. The van der Waals surface area contributed by atoms with Gasteiger partial charge >= 0.3 is 0 Å². The zero-order valence-electron chi connectivity index (χ0n) is 10.5. The Kier molecular flexibility index (Phi) is 3.42. The summed E-state index contributed by atoms with van der Waals surface area (Å²) in [7, 11) is 0. The fourth-order valence-corrected chi connectivity index (χ4v) is 2.11. The Morgan fingerprint density at radius 2 is 1.81 bits per heavy atom. The number of nitrogens with zero attached hydrogens (tertiary/aromatic N) is 3. The molecule has 1 fully saturated rings. The lowest BCUT2D eigenvalue weighted by Crippen LogP contribution is -2.31. The van der Waals surface area contributed by atoms with Gasteiger partial charge in [0.05, 0.1) is 0 Å². The molecular formula is C13H21N3. The molecule has 2 rings (SSSR count). The fraction of sp³-hybridized carbons (Fsp3) is 0.692. The highest BCUT2D eigenvalue weighted by molar-refractivity contribution is 5.33. The van der Waals surface area contributed by atoms with Crippen molar-refractivity contribution in [3.05, 3.63) is 17.5 Å². The van der Waals surface area contributed by atoms with Crippen molar-refractivity contribution in [1.82, 2.24) is 9.97 Å². The molecule has 0 radical (unpaired) electrons. The van der Waals surface area contributed by atoms with Gasteiger partial charge in [-0.2, -0.15) is 0 Å². The van der Waals surface area contributed by atoms with Crippen LogP contribution in [0.3, 0.4) is 0 Å². The molecule has 0 saturated carbocycles. The highest BCUT2D eigenvalue weighted by Gasteiger charge is 2.15. The van der Waals surface area contributed by atoms with E-state index >= 15 is 0 Å². The van der Waals surface area contributed by atoms with Gasteiger partial charge in [-0.15, -0.1) is 0 Å². The molecule has 0 unspecified atom stereocenters. The van der Waals surface area contributed by atoms with Crippen LogP contribution in [0.25, 0.3) is 0 Å². The van der Waals surface area contributed by atoms with E-state index in [1.54, 1.807) is 0 Å². The highest BCUT2D eigenvalue weighted by Crippen LogP contribution is 2.19. The molecule has 16 heavy (non-hydrogen) atoms. The second-order valence-electron chi connectivity index (χ2n) is 4.94. The molecule has 1 saturated heterocycles. The van der Waals surface area contributed by atoms with Crippen LogP contribution in [-0.2, 0) is 0 Å². The molecule has 0 amide bonds. The van der Waals surface area contributed by atoms with Crippen LogP contribution in [0.15, 0.2) is 6.07 Å². The second-order valence-corrected chi connectivity index (χ2v) is 4.94. The van der Waals surface area contributed by atoms with Crippen LogP contribution in [0, 0.1) is 6.92 Å². The molecule has 0 bridgehead atoms. The number of hydrogen-bond acceptors (Lipinski definition) is 3. The van der Waals surface area contributed by atoms with Gasteiger partial charge in [-0.05, 0) is 38.2 Å². The smallest absolute Gasteiger partial charge is 0.225 e. The van der Waals surface area contributed by atoms with Gasteiger partial charge < -0.3 is 4.90 Å². The molecule has 0 N–H and O–H groups in total. The van der Waals surface area contributed by atoms with Crippen molar-refractivity contribution in [2.45, 2.75) is 46.0 Å². The van der Waals surface area contributed by atoms with Crippen LogP contribution < -0.4 is 4.90 Å². The van der Waals surface area contributed by atoms with Gasteiger partial charge in [0, 0.05) is 24.5 Å². The van der Waals surface area contributed by atoms with Crippen LogP contribution >= 0.6 is 0 Å². The maximum atomic E-state index is 4.67. The van der Waals surface area contributed by atoms with Gasteiger partial charge in [0.25, 0.3) is 0 Å². The third-order valence-corrected chi connectivity index (χ3v) is 3.09. The first kappa shape index (κ1) is 11.4. The molecule has 0 aromatic carbocycles. The average molecular weight is 219 g/mol. The Labute approximate surface area is 97.9 Å². The van der Waals surface area contributed by atoms with Gasteiger partial charge in [-0.1, -0.05) is 13.8 Å². The monoisotopic (exact) mass is 219 g/mol. The van der Waals surface area contributed by atoms with Crippen molar-refractivity contribution in [2.24, 2.45) is 0 Å². The predicted molar refractivity (Wildman–Crippen MR) is 66.9 cm³/mol. The molecule has 0 atom stereocenters. The summed E-state index contributed by atoms with van der Waals surface area (Å²) in [6.07, 6.45) is 3.89. The number of piperidine rings is 1. The Bertz CT molecular complexity index is 354. The minimum absolute atomic E-state index is 0.477. The fourth-order valence-electron chi connectivity index (χ4n) is 2.11. The Morgan fingerprint density at radius 3 is 2.44 bits per heavy atom. The van der Waals surface area contributed by atoms with Crippen molar-refractivity contribution in [1.29, 1.82) is 0 Å². The number of anilines is 1. The van der Waals surface area contributed by atoms with Crippen molar-refractivity contribution in [3.8, 4) is 0 Å². The van der Waals surface area contributed by atoms with E-state index in [9.17, 15) is 0 Å². The third kappa shape index (κ3) is 2.52. The van der Waals surface area contributed by atoms with Crippen LogP contribution in [0.4, 0.5) is 5.95 Å². The lowest BCUT2D eigenvalue weighted by atomic mass is 10.1. The summed E-state index contributed by atoms with van der Waals surface area (Å²) in [5.41, 5.74) is 2.24. The minimum atomic E-state index is 0.477. The SMILES string of the molecule is Cc1cc(C(C)C)nc(N2CCCCC2)n1. The van der Waals surface area contributed by atoms with E-state index < -0.39 is 0 Å². The summed E-state index contributed by atoms with van der Waals surface area (Å²) in [6, 6.07) is 2.10. The maximum Gasteiger partial charge on any atom is 0.225 e. The lowest BCUT2D eigenvalue weighted by Gasteiger charge is -2.27. The number of hydrogen-bond donors (Lipinski definition) is 0. The van der Waals surface area contributed by atoms with Crippen LogP contribution in [-0.4, -0.2) is 23.1 Å². The van der Waals surface area contributed by atoms with E-state index in [4.69, 9.17) is 0 Å². The van der Waals surface area contributed by atoms with Crippen LogP contribution in [0.5, 0.6) is 0 Å². The molecule has 1 aliphatic rings. The highest BCUT2D eigenvalue weighted by atomic mass is 15.3. The largest absolute Gasteiger partial charge is 0.341 e. The average Bonchev–Trinajstić information content (AvgIpc) is 2.29. The molecule has 1 aromatic rings. The van der Waals surface area contributed by atoms with Crippen molar-refractivity contribution in [2.75, 3.05) is 18.0 Å². The topological polar surface area (TPSA) is 29.0 Å². The number of aromatic nitrogens is 2. The van der Waals surface area contributed by atoms with Gasteiger partial charge in [0.2, 0.25) is 5.95 Å². The molecule has 0 aliphatic carbocycles. The third-order valence-electron chi connectivity index (χ3n) is 3.09. The van der Waals surface area contributed by atoms with E-state index in [-0.39, 0.29) is 0 Å². The zero-order chi connectivity index (χ0) is 11.5. The van der Waals surface area contributed by atoms with Gasteiger partial charge in [-0.3, -0.25) is 0 Å².